The van der Waals surface area contributed by atoms with E-state index in [1.54, 1.807) is 0 Å². The molecule has 0 saturated heterocycles. The Balaban J connectivity index is 1.61. The van der Waals surface area contributed by atoms with Gasteiger partial charge in [0.15, 0.2) is 0 Å². The van der Waals surface area contributed by atoms with E-state index in [4.69, 9.17) is 19.2 Å². The fraction of sp³-hybridized carbons (Fsp3) is 0.882. The molecule has 3 saturated carbocycles. The first-order chi connectivity index (χ1) is 12.0. The van der Waals surface area contributed by atoms with Crippen LogP contribution in [0.15, 0.2) is 11.8 Å². The summed E-state index contributed by atoms with van der Waals surface area (Å²) in [4.78, 5) is 45.7. The van der Waals surface area contributed by atoms with Crippen LogP contribution < -0.4 is 0 Å². The standard InChI is InChI=1S/C17H34O7P2/c1-17(2)9-3-4-15-14-7-5-12(10-13(14)6-8-16(15)17)11-23-26(21,22)24-25(18,19)20/h11,13-16,18-22,25-26H,3-10H2,1-2H3/b12-11-/t13?,14-,15?,16?/m1/s1. The summed E-state index contributed by atoms with van der Waals surface area (Å²) in [5.41, 5.74) is 1.43. The molecule has 7 nitrogen and oxygen atoms in total. The van der Waals surface area contributed by atoms with Crippen molar-refractivity contribution < 1.29 is 33.3 Å². The van der Waals surface area contributed by atoms with E-state index >= 15 is 0 Å². The molecular formula is C17H34O7P2. The van der Waals surface area contributed by atoms with Gasteiger partial charge in [-0.05, 0) is 0 Å². The topological polar surface area (TPSA) is 120 Å². The Morgan fingerprint density at radius 1 is 1.00 bits per heavy atom. The van der Waals surface area contributed by atoms with Gasteiger partial charge in [0, 0.05) is 0 Å². The van der Waals surface area contributed by atoms with Crippen molar-refractivity contribution in [2.24, 2.45) is 29.1 Å². The van der Waals surface area contributed by atoms with Crippen LogP contribution in [0.5, 0.6) is 0 Å². The van der Waals surface area contributed by atoms with Crippen LogP contribution in [0.1, 0.15) is 65.2 Å². The van der Waals surface area contributed by atoms with Crippen LogP contribution in [0.2, 0.25) is 0 Å². The number of allylic oxidation sites excluding steroid dienone is 1. The Morgan fingerprint density at radius 3 is 2.42 bits per heavy atom. The first-order valence-corrected chi connectivity index (χ1v) is 13.1. The summed E-state index contributed by atoms with van der Waals surface area (Å²) < 4.78 is 8.99. The Labute approximate surface area is 156 Å². The number of rotatable bonds is 4. The van der Waals surface area contributed by atoms with Crippen molar-refractivity contribution in [3.8, 4) is 0 Å². The van der Waals surface area contributed by atoms with Gasteiger partial charge in [0.25, 0.3) is 0 Å². The summed E-state index contributed by atoms with van der Waals surface area (Å²) in [6.45, 7) is 4.84. The van der Waals surface area contributed by atoms with Crippen molar-refractivity contribution >= 4 is 16.3 Å². The third-order valence-electron chi connectivity index (χ3n) is 6.86. The number of hydrogen-bond donors (Lipinski definition) is 5. The average Bonchev–Trinajstić information content (AvgIpc) is 2.50. The molecule has 3 unspecified atom stereocenters. The molecule has 0 radical (unpaired) electrons. The van der Waals surface area contributed by atoms with Crippen LogP contribution in [0, 0.1) is 29.1 Å². The van der Waals surface area contributed by atoms with Crippen LogP contribution >= 0.6 is 16.3 Å². The van der Waals surface area contributed by atoms with E-state index in [9.17, 15) is 9.79 Å². The minimum atomic E-state index is -5.03. The van der Waals surface area contributed by atoms with Crippen LogP contribution in [0.25, 0.3) is 0 Å². The summed E-state index contributed by atoms with van der Waals surface area (Å²) in [6, 6.07) is 0. The van der Waals surface area contributed by atoms with Crippen molar-refractivity contribution in [1.29, 1.82) is 0 Å². The molecule has 0 aromatic carbocycles. The molecule has 0 aromatic rings. The summed E-state index contributed by atoms with van der Waals surface area (Å²) in [7, 11) is -9.81. The molecule has 9 heteroatoms. The summed E-state index contributed by atoms with van der Waals surface area (Å²) >= 11 is 0. The molecule has 0 aliphatic heterocycles. The van der Waals surface area contributed by atoms with Gasteiger partial charge in [0.1, 0.15) is 0 Å². The van der Waals surface area contributed by atoms with E-state index in [1.807, 2.05) is 0 Å². The third-order valence-corrected chi connectivity index (χ3v) is 9.44. The van der Waals surface area contributed by atoms with Gasteiger partial charge >= 0.3 is 156 Å². The van der Waals surface area contributed by atoms with E-state index < -0.39 is 16.3 Å². The van der Waals surface area contributed by atoms with Crippen molar-refractivity contribution in [2.45, 2.75) is 65.2 Å². The molecule has 0 bridgehead atoms. The van der Waals surface area contributed by atoms with Crippen LogP contribution in [-0.2, 0) is 8.83 Å². The molecule has 26 heavy (non-hydrogen) atoms. The molecule has 3 aliphatic rings. The SMILES string of the molecule is CC1(C)CCCC2C1CCC1C/C(=C\O[PH](O)(O)O[PH](O)(O)O)CC[C@H]12. The number of fused-ring (bicyclic) bond motifs is 3. The second-order valence-electron chi connectivity index (χ2n) is 9.01. The third kappa shape index (κ3) is 4.95. The molecule has 5 N–H and O–H groups in total. The van der Waals surface area contributed by atoms with Gasteiger partial charge in [-0.25, -0.2) is 0 Å². The van der Waals surface area contributed by atoms with Crippen LogP contribution in [-0.4, -0.2) is 24.5 Å². The monoisotopic (exact) mass is 412 g/mol. The predicted octanol–water partition coefficient (Wildman–Crippen LogP) is 3.34. The zero-order valence-electron chi connectivity index (χ0n) is 15.6. The van der Waals surface area contributed by atoms with Crippen molar-refractivity contribution in [1.82, 2.24) is 0 Å². The Hall–Kier alpha value is 0.160. The molecule has 0 amide bonds. The minimum absolute atomic E-state index is 0.443. The Bertz CT molecular complexity index is 544. The molecule has 3 fully saturated rings. The second-order valence-corrected chi connectivity index (χ2v) is 12.3. The number of hydrogen-bond acceptors (Lipinski definition) is 7. The summed E-state index contributed by atoms with van der Waals surface area (Å²) in [5, 5.41) is 0. The van der Waals surface area contributed by atoms with Crippen LogP contribution in [0.3, 0.4) is 0 Å². The molecule has 0 spiro atoms. The Kier molecular flexibility index (Phi) is 6.05. The van der Waals surface area contributed by atoms with Gasteiger partial charge in [0.05, 0.1) is 0 Å². The zero-order valence-corrected chi connectivity index (χ0v) is 17.6. The van der Waals surface area contributed by atoms with E-state index in [-0.39, 0.29) is 0 Å². The van der Waals surface area contributed by atoms with Crippen molar-refractivity contribution in [2.75, 3.05) is 0 Å². The van der Waals surface area contributed by atoms with E-state index in [1.165, 1.54) is 38.4 Å². The maximum absolute atomic E-state index is 9.59. The zero-order chi connectivity index (χ0) is 19.2. The quantitative estimate of drug-likeness (QED) is 0.355. The van der Waals surface area contributed by atoms with Crippen molar-refractivity contribution in [3.63, 3.8) is 0 Å². The first-order valence-electron chi connectivity index (χ1n) is 9.65. The first kappa shape index (κ1) is 20.9. The molecule has 4 atom stereocenters. The fourth-order valence-electron chi connectivity index (χ4n) is 5.80. The molecule has 0 aromatic heterocycles. The second kappa shape index (κ2) is 7.53. The van der Waals surface area contributed by atoms with E-state index in [2.05, 4.69) is 18.2 Å². The van der Waals surface area contributed by atoms with Gasteiger partial charge in [-0.1, -0.05) is 0 Å². The molecular weight excluding hydrogens is 378 g/mol. The molecule has 0 heterocycles. The van der Waals surface area contributed by atoms with E-state index in [0.717, 1.165) is 42.6 Å². The van der Waals surface area contributed by atoms with Gasteiger partial charge in [-0.15, -0.1) is 0 Å². The molecule has 3 aliphatic carbocycles. The van der Waals surface area contributed by atoms with Gasteiger partial charge in [0.2, 0.25) is 0 Å². The fourth-order valence-corrected chi connectivity index (χ4v) is 7.74. The Morgan fingerprint density at radius 2 is 1.73 bits per heavy atom. The van der Waals surface area contributed by atoms with E-state index in [0.29, 0.717) is 11.3 Å². The van der Waals surface area contributed by atoms with Gasteiger partial charge in [-0.2, -0.15) is 0 Å². The predicted molar refractivity (Wildman–Crippen MR) is 103 cm³/mol. The average molecular weight is 412 g/mol. The maximum atomic E-state index is 9.59. The summed E-state index contributed by atoms with van der Waals surface area (Å²) in [6.07, 6.45) is 10.5. The summed E-state index contributed by atoms with van der Waals surface area (Å²) in [5.74, 6) is 2.96. The van der Waals surface area contributed by atoms with Crippen molar-refractivity contribution in [3.05, 3.63) is 11.8 Å². The van der Waals surface area contributed by atoms with Gasteiger partial charge < -0.3 is 0 Å². The normalized spacial score (nSPS) is 37.6. The molecule has 3 rings (SSSR count). The van der Waals surface area contributed by atoms with Crippen LogP contribution in [0.4, 0.5) is 0 Å². The molecule has 154 valence electrons. The van der Waals surface area contributed by atoms with Gasteiger partial charge in [-0.3, -0.25) is 0 Å².